The lowest BCUT2D eigenvalue weighted by atomic mass is 10.1. The summed E-state index contributed by atoms with van der Waals surface area (Å²) < 4.78 is 28.1. The summed E-state index contributed by atoms with van der Waals surface area (Å²) in [6.07, 6.45) is 4.25. The number of halogens is 1. The third-order valence-electron chi connectivity index (χ3n) is 4.88. The number of carbonyl (C=O) groups excluding carboxylic acids is 1. The number of carbonyl (C=O) groups is 1. The zero-order chi connectivity index (χ0) is 23.3. The molecule has 2 N–H and O–H groups in total. The van der Waals surface area contributed by atoms with Crippen molar-refractivity contribution in [1.82, 2.24) is 4.98 Å². The van der Waals surface area contributed by atoms with Crippen LogP contribution in [-0.2, 0) is 16.4 Å². The molecule has 33 heavy (non-hydrogen) atoms. The maximum atomic E-state index is 12.8. The minimum absolute atomic E-state index is 0.0236. The first-order valence-corrected chi connectivity index (χ1v) is 11.9. The highest BCUT2D eigenvalue weighted by atomic mass is 35.5. The summed E-state index contributed by atoms with van der Waals surface area (Å²) in [5.74, 6) is -0.440. The van der Waals surface area contributed by atoms with Crippen molar-refractivity contribution in [3.8, 4) is 0 Å². The zero-order valence-corrected chi connectivity index (χ0v) is 19.0. The standard InChI is InChI=1S/C25H20ClN3O3S/c26-23-11-8-20(17-24(23)33(31,32)29-22-4-2-1-3-5-22)25(30)28-21-9-6-18(7-10-21)16-19-12-14-27-15-13-19/h1-15,17,29H,16H2,(H,28,30). The molecule has 0 saturated carbocycles. The van der Waals surface area contributed by atoms with Gasteiger partial charge in [-0.15, -0.1) is 0 Å². The number of anilines is 2. The van der Waals surface area contributed by atoms with Crippen LogP contribution in [0.3, 0.4) is 0 Å². The molecule has 4 rings (SSSR count). The van der Waals surface area contributed by atoms with Crippen molar-refractivity contribution in [2.45, 2.75) is 11.3 Å². The van der Waals surface area contributed by atoms with Gasteiger partial charge in [0, 0.05) is 29.3 Å². The first kappa shape index (κ1) is 22.5. The Morgan fingerprint density at radius 3 is 2.18 bits per heavy atom. The lowest BCUT2D eigenvalue weighted by Crippen LogP contribution is -2.16. The SMILES string of the molecule is O=C(Nc1ccc(Cc2ccncc2)cc1)c1ccc(Cl)c(S(=O)(=O)Nc2ccccc2)c1. The van der Waals surface area contributed by atoms with Crippen LogP contribution in [0.2, 0.25) is 5.02 Å². The summed E-state index contributed by atoms with van der Waals surface area (Å²) in [5, 5.41) is 2.81. The number of para-hydroxylation sites is 1. The smallest absolute Gasteiger partial charge is 0.263 e. The molecule has 0 aliphatic carbocycles. The van der Waals surface area contributed by atoms with E-state index in [9.17, 15) is 13.2 Å². The number of hydrogen-bond acceptors (Lipinski definition) is 4. The average molecular weight is 478 g/mol. The van der Waals surface area contributed by atoms with Gasteiger partial charge in [-0.25, -0.2) is 8.42 Å². The number of hydrogen-bond donors (Lipinski definition) is 2. The molecule has 8 heteroatoms. The monoisotopic (exact) mass is 477 g/mol. The molecule has 0 spiro atoms. The number of amides is 1. The van der Waals surface area contributed by atoms with Gasteiger partial charge >= 0.3 is 0 Å². The molecule has 0 radical (unpaired) electrons. The molecule has 1 amide bonds. The van der Waals surface area contributed by atoms with Gasteiger partial charge in [-0.3, -0.25) is 14.5 Å². The van der Waals surface area contributed by atoms with Crippen LogP contribution >= 0.6 is 11.6 Å². The van der Waals surface area contributed by atoms with Crippen LogP contribution < -0.4 is 10.0 Å². The van der Waals surface area contributed by atoms with E-state index >= 15 is 0 Å². The second kappa shape index (κ2) is 9.85. The number of nitrogens with one attached hydrogen (secondary N) is 2. The molecule has 166 valence electrons. The Morgan fingerprint density at radius 1 is 0.818 bits per heavy atom. The van der Waals surface area contributed by atoms with Gasteiger partial charge in [-0.05, 0) is 72.1 Å². The van der Waals surface area contributed by atoms with Gasteiger partial charge in [0.1, 0.15) is 4.90 Å². The summed E-state index contributed by atoms with van der Waals surface area (Å²) in [4.78, 5) is 16.6. The van der Waals surface area contributed by atoms with Crippen LogP contribution in [0.5, 0.6) is 0 Å². The predicted octanol–water partition coefficient (Wildman–Crippen LogP) is 5.38. The highest BCUT2D eigenvalue weighted by Gasteiger charge is 2.20. The molecule has 1 heterocycles. The van der Waals surface area contributed by atoms with Gasteiger partial charge < -0.3 is 5.32 Å². The van der Waals surface area contributed by atoms with Crippen LogP contribution in [0.25, 0.3) is 0 Å². The Balaban J connectivity index is 1.48. The third kappa shape index (κ3) is 5.77. The van der Waals surface area contributed by atoms with Gasteiger partial charge in [0.25, 0.3) is 15.9 Å². The van der Waals surface area contributed by atoms with E-state index in [2.05, 4.69) is 15.0 Å². The molecule has 4 aromatic rings. The van der Waals surface area contributed by atoms with Gasteiger partial charge in [-0.2, -0.15) is 0 Å². The number of benzene rings is 3. The van der Waals surface area contributed by atoms with Gasteiger partial charge in [0.2, 0.25) is 0 Å². The molecule has 0 atom stereocenters. The molecule has 6 nitrogen and oxygen atoms in total. The van der Waals surface area contributed by atoms with Crippen molar-refractivity contribution < 1.29 is 13.2 Å². The first-order valence-electron chi connectivity index (χ1n) is 10.1. The molecule has 0 aliphatic heterocycles. The second-order valence-electron chi connectivity index (χ2n) is 7.30. The maximum absolute atomic E-state index is 12.8. The van der Waals surface area contributed by atoms with E-state index in [-0.39, 0.29) is 15.5 Å². The van der Waals surface area contributed by atoms with E-state index in [1.54, 1.807) is 54.9 Å². The largest absolute Gasteiger partial charge is 0.322 e. The molecule has 0 saturated heterocycles. The summed E-state index contributed by atoms with van der Waals surface area (Å²) in [6, 6.07) is 24.0. The minimum atomic E-state index is -3.97. The maximum Gasteiger partial charge on any atom is 0.263 e. The Kier molecular flexibility index (Phi) is 6.72. The number of sulfonamides is 1. The van der Waals surface area contributed by atoms with Crippen molar-refractivity contribution in [3.05, 3.63) is 119 Å². The summed E-state index contributed by atoms with van der Waals surface area (Å²) in [7, 11) is -3.97. The van der Waals surface area contributed by atoms with E-state index in [1.165, 1.54) is 18.2 Å². The molecular weight excluding hydrogens is 458 g/mol. The lowest BCUT2D eigenvalue weighted by molar-refractivity contribution is 0.102. The van der Waals surface area contributed by atoms with Crippen LogP contribution in [0, 0.1) is 0 Å². The highest BCUT2D eigenvalue weighted by molar-refractivity contribution is 7.92. The molecule has 3 aromatic carbocycles. The normalized spacial score (nSPS) is 11.1. The van der Waals surface area contributed by atoms with Crippen LogP contribution in [0.4, 0.5) is 11.4 Å². The lowest BCUT2D eigenvalue weighted by Gasteiger charge is -2.12. The van der Waals surface area contributed by atoms with Crippen molar-refractivity contribution >= 4 is 38.9 Å². The van der Waals surface area contributed by atoms with Crippen molar-refractivity contribution in [1.29, 1.82) is 0 Å². The van der Waals surface area contributed by atoms with Crippen molar-refractivity contribution in [3.63, 3.8) is 0 Å². The van der Waals surface area contributed by atoms with Crippen molar-refractivity contribution in [2.75, 3.05) is 10.0 Å². The van der Waals surface area contributed by atoms with Gasteiger partial charge in [0.05, 0.1) is 5.02 Å². The molecule has 1 aromatic heterocycles. The number of rotatable bonds is 7. The minimum Gasteiger partial charge on any atom is -0.322 e. The molecular formula is C25H20ClN3O3S. The Bertz CT molecular complexity index is 1360. The van der Waals surface area contributed by atoms with Gasteiger partial charge in [-0.1, -0.05) is 41.9 Å². The predicted molar refractivity (Wildman–Crippen MR) is 130 cm³/mol. The summed E-state index contributed by atoms with van der Waals surface area (Å²) in [6.45, 7) is 0. The fourth-order valence-electron chi connectivity index (χ4n) is 3.21. The van der Waals surface area contributed by atoms with Crippen LogP contribution in [-0.4, -0.2) is 19.3 Å². The molecule has 0 aliphatic rings. The third-order valence-corrected chi connectivity index (χ3v) is 6.74. The number of nitrogens with zero attached hydrogens (tertiary/aromatic N) is 1. The quantitative estimate of drug-likeness (QED) is 0.374. The number of aromatic nitrogens is 1. The molecule has 0 unspecified atom stereocenters. The Morgan fingerprint density at radius 2 is 1.48 bits per heavy atom. The van der Waals surface area contributed by atoms with E-state index in [0.717, 1.165) is 17.5 Å². The topological polar surface area (TPSA) is 88.2 Å². The summed E-state index contributed by atoms with van der Waals surface area (Å²) >= 11 is 6.14. The van der Waals surface area contributed by atoms with Gasteiger partial charge in [0.15, 0.2) is 0 Å². The van der Waals surface area contributed by atoms with E-state index in [4.69, 9.17) is 11.6 Å². The zero-order valence-electron chi connectivity index (χ0n) is 17.4. The second-order valence-corrected chi connectivity index (χ2v) is 9.36. The van der Waals surface area contributed by atoms with Crippen molar-refractivity contribution in [2.24, 2.45) is 0 Å². The Labute approximate surface area is 197 Å². The average Bonchev–Trinajstić information content (AvgIpc) is 2.81. The van der Waals surface area contributed by atoms with E-state index in [0.29, 0.717) is 11.4 Å². The fraction of sp³-hybridized carbons (Fsp3) is 0.0400. The summed E-state index contributed by atoms with van der Waals surface area (Å²) in [5.41, 5.74) is 3.40. The van der Waals surface area contributed by atoms with Crippen LogP contribution in [0.1, 0.15) is 21.5 Å². The highest BCUT2D eigenvalue weighted by Crippen LogP contribution is 2.25. The van der Waals surface area contributed by atoms with E-state index in [1.807, 2.05) is 24.3 Å². The first-order chi connectivity index (χ1) is 15.9. The van der Waals surface area contributed by atoms with E-state index < -0.39 is 15.9 Å². The Hall–Kier alpha value is -3.68. The fourth-order valence-corrected chi connectivity index (χ4v) is 4.80. The number of pyridine rings is 1. The molecule has 0 fully saturated rings. The van der Waals surface area contributed by atoms with Crippen LogP contribution in [0.15, 0.2) is 102 Å². The molecule has 0 bridgehead atoms.